The van der Waals surface area contributed by atoms with Crippen molar-refractivity contribution < 1.29 is 18.0 Å². The third-order valence-electron chi connectivity index (χ3n) is 4.19. The van der Waals surface area contributed by atoms with Gasteiger partial charge in [0, 0.05) is 13.0 Å². The van der Waals surface area contributed by atoms with Crippen LogP contribution >= 0.6 is 0 Å². The monoisotopic (exact) mass is 322 g/mol. The summed E-state index contributed by atoms with van der Waals surface area (Å²) in [6.07, 6.45) is -3.89. The van der Waals surface area contributed by atoms with Crippen molar-refractivity contribution in [3.8, 4) is 0 Å². The molecule has 1 saturated heterocycles. The number of fused-ring (bicyclic) bond motifs is 1. The molecule has 1 aliphatic rings. The molecule has 1 aliphatic heterocycles. The highest BCUT2D eigenvalue weighted by Gasteiger charge is 2.47. The lowest BCUT2D eigenvalue weighted by molar-refractivity contribution is -0.191. The van der Waals surface area contributed by atoms with Crippen LogP contribution in [0.2, 0.25) is 0 Å². The predicted molar refractivity (Wildman–Crippen MR) is 81.6 cm³/mol. The van der Waals surface area contributed by atoms with E-state index >= 15 is 0 Å². The Kier molecular flexibility index (Phi) is 4.02. The quantitative estimate of drug-likeness (QED) is 0.933. The first kappa shape index (κ1) is 15.8. The average molecular weight is 322 g/mol. The van der Waals surface area contributed by atoms with E-state index in [4.69, 9.17) is 0 Å². The van der Waals surface area contributed by atoms with Crippen LogP contribution in [0.15, 0.2) is 36.4 Å². The molecular weight excluding hydrogens is 305 g/mol. The summed E-state index contributed by atoms with van der Waals surface area (Å²) < 4.78 is 41.1. The van der Waals surface area contributed by atoms with Crippen LogP contribution in [0.5, 0.6) is 0 Å². The van der Waals surface area contributed by atoms with Gasteiger partial charge in [-0.05, 0) is 28.3 Å². The van der Waals surface area contributed by atoms with E-state index in [1.807, 2.05) is 31.2 Å². The predicted octanol–water partition coefficient (Wildman–Crippen LogP) is 3.74. The molecule has 6 heteroatoms. The van der Waals surface area contributed by atoms with Gasteiger partial charge in [-0.25, -0.2) is 5.01 Å². The van der Waals surface area contributed by atoms with E-state index in [1.54, 1.807) is 6.07 Å². The zero-order chi connectivity index (χ0) is 16.6. The first-order valence-corrected chi connectivity index (χ1v) is 7.55. The van der Waals surface area contributed by atoms with Crippen LogP contribution in [0.3, 0.4) is 0 Å². The van der Waals surface area contributed by atoms with Gasteiger partial charge in [-0.1, -0.05) is 43.3 Å². The third kappa shape index (κ3) is 2.91. The van der Waals surface area contributed by atoms with Crippen molar-refractivity contribution in [1.82, 2.24) is 10.4 Å². The van der Waals surface area contributed by atoms with E-state index in [0.29, 0.717) is 12.0 Å². The van der Waals surface area contributed by atoms with Gasteiger partial charge in [0.2, 0.25) is 5.91 Å². The topological polar surface area (TPSA) is 32.3 Å². The Morgan fingerprint density at radius 2 is 1.96 bits per heavy atom. The Hall–Kier alpha value is -2.08. The van der Waals surface area contributed by atoms with E-state index in [2.05, 4.69) is 5.43 Å². The molecule has 1 amide bonds. The van der Waals surface area contributed by atoms with Crippen LogP contribution in [0.1, 0.15) is 30.5 Å². The molecule has 1 heterocycles. The van der Waals surface area contributed by atoms with E-state index in [9.17, 15) is 18.0 Å². The number of hydrazine groups is 1. The molecule has 122 valence electrons. The standard InChI is InChI=1S/C17H17F3N2O/c1-2-12-13-6-4-3-5-11(13)7-8-14(12)16(17(18,19)20)22-10-9-15(23)21-22/h3-8,16H,2,9-10H2,1H3,(H,21,23)/t16-/m0/s1. The molecule has 2 aromatic rings. The highest BCUT2D eigenvalue weighted by molar-refractivity contribution is 5.87. The molecule has 1 atom stereocenters. The van der Waals surface area contributed by atoms with Gasteiger partial charge in [0.05, 0.1) is 0 Å². The molecule has 1 N–H and O–H groups in total. The number of nitrogens with one attached hydrogen (secondary N) is 1. The molecular formula is C17H17F3N2O. The average Bonchev–Trinajstić information content (AvgIpc) is 2.91. The summed E-state index contributed by atoms with van der Waals surface area (Å²) in [6.45, 7) is 1.90. The third-order valence-corrected chi connectivity index (χ3v) is 4.19. The van der Waals surface area contributed by atoms with Crippen LogP contribution in [0.25, 0.3) is 10.8 Å². The van der Waals surface area contributed by atoms with Gasteiger partial charge in [0.15, 0.2) is 0 Å². The second kappa shape index (κ2) is 5.85. The largest absolute Gasteiger partial charge is 0.409 e. The van der Waals surface area contributed by atoms with Crippen molar-refractivity contribution in [2.24, 2.45) is 0 Å². The van der Waals surface area contributed by atoms with Crippen molar-refractivity contribution in [3.63, 3.8) is 0 Å². The van der Waals surface area contributed by atoms with E-state index < -0.39 is 12.2 Å². The molecule has 3 rings (SSSR count). The van der Waals surface area contributed by atoms with Crippen molar-refractivity contribution in [2.75, 3.05) is 6.54 Å². The number of hydrogen-bond acceptors (Lipinski definition) is 2. The normalized spacial score (nSPS) is 17.5. The number of nitrogens with zero attached hydrogens (tertiary/aromatic N) is 1. The minimum absolute atomic E-state index is 0.0546. The van der Waals surface area contributed by atoms with Crippen LogP contribution < -0.4 is 5.43 Å². The number of carbonyl (C=O) groups is 1. The minimum atomic E-state index is -4.47. The van der Waals surface area contributed by atoms with Gasteiger partial charge in [0.1, 0.15) is 6.04 Å². The van der Waals surface area contributed by atoms with Gasteiger partial charge in [0.25, 0.3) is 0 Å². The summed E-state index contributed by atoms with van der Waals surface area (Å²) in [5, 5.41) is 2.75. The van der Waals surface area contributed by atoms with Gasteiger partial charge in [-0.2, -0.15) is 13.2 Å². The Labute approximate surface area is 132 Å². The van der Waals surface area contributed by atoms with Gasteiger partial charge in [-0.15, -0.1) is 0 Å². The number of hydrogen-bond donors (Lipinski definition) is 1. The molecule has 3 nitrogen and oxygen atoms in total. The van der Waals surface area contributed by atoms with Crippen LogP contribution in [-0.4, -0.2) is 23.6 Å². The number of halogens is 3. The molecule has 0 aliphatic carbocycles. The highest BCUT2D eigenvalue weighted by atomic mass is 19.4. The Morgan fingerprint density at radius 1 is 1.22 bits per heavy atom. The number of aryl methyl sites for hydroxylation is 1. The summed E-state index contributed by atoms with van der Waals surface area (Å²) in [5.41, 5.74) is 3.21. The maximum absolute atomic E-state index is 13.7. The van der Waals surface area contributed by atoms with E-state index in [-0.39, 0.29) is 24.4 Å². The SMILES string of the molecule is CCc1c([C@H](N2CCC(=O)N2)C(F)(F)F)ccc2ccccc12. The summed E-state index contributed by atoms with van der Waals surface area (Å²) in [4.78, 5) is 11.4. The Morgan fingerprint density at radius 3 is 2.57 bits per heavy atom. The van der Waals surface area contributed by atoms with Crippen LogP contribution in [0, 0.1) is 0 Å². The van der Waals surface area contributed by atoms with Crippen molar-refractivity contribution in [1.29, 1.82) is 0 Å². The number of alkyl halides is 3. The fourth-order valence-corrected chi connectivity index (χ4v) is 3.21. The summed E-state index contributed by atoms with van der Waals surface area (Å²) in [7, 11) is 0. The second-order valence-electron chi connectivity index (χ2n) is 5.63. The summed E-state index contributed by atoms with van der Waals surface area (Å²) in [6, 6.07) is 8.83. The second-order valence-corrected chi connectivity index (χ2v) is 5.63. The first-order chi connectivity index (χ1) is 10.9. The molecule has 2 aromatic carbocycles. The minimum Gasteiger partial charge on any atom is -0.288 e. The highest BCUT2D eigenvalue weighted by Crippen LogP contribution is 2.41. The fraction of sp³-hybridized carbons (Fsp3) is 0.353. The zero-order valence-corrected chi connectivity index (χ0v) is 12.7. The van der Waals surface area contributed by atoms with Gasteiger partial charge >= 0.3 is 6.18 Å². The van der Waals surface area contributed by atoms with E-state index in [0.717, 1.165) is 15.8 Å². The lowest BCUT2D eigenvalue weighted by Crippen LogP contribution is -2.44. The first-order valence-electron chi connectivity index (χ1n) is 7.55. The molecule has 0 aromatic heterocycles. The lowest BCUT2D eigenvalue weighted by Gasteiger charge is -2.31. The number of amides is 1. The van der Waals surface area contributed by atoms with Crippen molar-refractivity contribution in [2.45, 2.75) is 32.0 Å². The van der Waals surface area contributed by atoms with E-state index in [1.165, 1.54) is 6.07 Å². The lowest BCUT2D eigenvalue weighted by atomic mass is 9.92. The fourth-order valence-electron chi connectivity index (χ4n) is 3.21. The molecule has 0 bridgehead atoms. The number of rotatable bonds is 3. The molecule has 0 radical (unpaired) electrons. The maximum atomic E-state index is 13.7. The Bertz CT molecular complexity index is 742. The van der Waals surface area contributed by atoms with Gasteiger partial charge in [-0.3, -0.25) is 10.2 Å². The molecule has 0 spiro atoms. The van der Waals surface area contributed by atoms with Crippen molar-refractivity contribution >= 4 is 16.7 Å². The molecule has 1 fully saturated rings. The van der Waals surface area contributed by atoms with Gasteiger partial charge < -0.3 is 0 Å². The van der Waals surface area contributed by atoms with Crippen molar-refractivity contribution in [3.05, 3.63) is 47.5 Å². The van der Waals surface area contributed by atoms with Crippen LogP contribution in [-0.2, 0) is 11.2 Å². The number of benzene rings is 2. The smallest absolute Gasteiger partial charge is 0.288 e. The maximum Gasteiger partial charge on any atom is 0.409 e. The number of carbonyl (C=O) groups excluding carboxylic acids is 1. The Balaban J connectivity index is 2.16. The zero-order valence-electron chi connectivity index (χ0n) is 12.7. The molecule has 0 unspecified atom stereocenters. The van der Waals surface area contributed by atoms with Crippen LogP contribution in [0.4, 0.5) is 13.2 Å². The summed E-state index contributed by atoms with van der Waals surface area (Å²) in [5.74, 6) is -0.377. The molecule has 0 saturated carbocycles. The summed E-state index contributed by atoms with van der Waals surface area (Å²) >= 11 is 0. The molecule has 23 heavy (non-hydrogen) atoms.